The van der Waals surface area contributed by atoms with Gasteiger partial charge in [-0.05, 0) is 52.0 Å². The number of nitrogens with zero attached hydrogens (tertiary/aromatic N) is 1. The molecule has 1 saturated heterocycles. The van der Waals surface area contributed by atoms with Crippen LogP contribution in [0.25, 0.3) is 0 Å². The average Bonchev–Trinajstić information content (AvgIpc) is 2.75. The van der Waals surface area contributed by atoms with Gasteiger partial charge >= 0.3 is 17.9 Å². The molecule has 0 aliphatic carbocycles. The van der Waals surface area contributed by atoms with Crippen molar-refractivity contribution in [1.29, 1.82) is 0 Å². The van der Waals surface area contributed by atoms with E-state index in [-0.39, 0.29) is 41.8 Å². The Morgan fingerprint density at radius 3 is 2.06 bits per heavy atom. The molecule has 1 aromatic carbocycles. The van der Waals surface area contributed by atoms with Gasteiger partial charge in [0.1, 0.15) is 18.5 Å². The minimum absolute atomic E-state index is 0.0357. The highest BCUT2D eigenvalue weighted by molar-refractivity contribution is 6.03. The Morgan fingerprint density at radius 1 is 0.939 bits per heavy atom. The van der Waals surface area contributed by atoms with Crippen molar-refractivity contribution in [2.75, 3.05) is 32.5 Å². The van der Waals surface area contributed by atoms with Gasteiger partial charge in [-0.15, -0.1) is 0 Å². The zero-order valence-corrected chi connectivity index (χ0v) is 20.0. The molecule has 0 amide bonds. The number of benzene rings is 1. The maximum absolute atomic E-state index is 12.8. The molecule has 0 bridgehead atoms. The lowest BCUT2D eigenvalue weighted by molar-refractivity contribution is -0.140. The average molecular weight is 461 g/mol. The molecule has 2 aliphatic heterocycles. The number of methoxy groups -OCH3 is 2. The molecule has 0 spiro atoms. The van der Waals surface area contributed by atoms with E-state index < -0.39 is 17.9 Å². The first-order valence-electron chi connectivity index (χ1n) is 10.8. The van der Waals surface area contributed by atoms with Gasteiger partial charge in [0.05, 0.1) is 32.0 Å². The van der Waals surface area contributed by atoms with Crippen LogP contribution in [0.2, 0.25) is 0 Å². The van der Waals surface area contributed by atoms with Crippen LogP contribution in [-0.2, 0) is 28.5 Å². The molecule has 1 N–H and O–H groups in total. The summed E-state index contributed by atoms with van der Waals surface area (Å²) in [7, 11) is 2.47. The maximum atomic E-state index is 12.8. The molecule has 0 radical (unpaired) electrons. The SMILES string of the molecule is COC(=O)C1=C(C(=O)OC)N(c2ccc(C(=O)OC3CC(C)(C)NC(C)(C)C3)cc2)COC1. The number of esters is 3. The van der Waals surface area contributed by atoms with E-state index in [0.717, 1.165) is 12.8 Å². The molecule has 0 aromatic heterocycles. The summed E-state index contributed by atoms with van der Waals surface area (Å²) in [5.41, 5.74) is 0.775. The van der Waals surface area contributed by atoms with Crippen molar-refractivity contribution in [3.8, 4) is 0 Å². The smallest absolute Gasteiger partial charge is 0.355 e. The van der Waals surface area contributed by atoms with Crippen LogP contribution >= 0.6 is 0 Å². The zero-order chi connectivity index (χ0) is 24.4. The van der Waals surface area contributed by atoms with Crippen molar-refractivity contribution in [3.05, 3.63) is 41.1 Å². The monoisotopic (exact) mass is 460 g/mol. The third-order valence-electron chi connectivity index (χ3n) is 5.67. The third-order valence-corrected chi connectivity index (χ3v) is 5.67. The van der Waals surface area contributed by atoms with Crippen LogP contribution in [-0.4, -0.2) is 62.6 Å². The van der Waals surface area contributed by atoms with E-state index in [1.54, 1.807) is 24.3 Å². The number of carbonyl (C=O) groups excluding carboxylic acids is 3. The first-order chi connectivity index (χ1) is 15.5. The Kier molecular flexibility index (Phi) is 7.14. The summed E-state index contributed by atoms with van der Waals surface area (Å²) in [4.78, 5) is 38.9. The Morgan fingerprint density at radius 2 is 1.52 bits per heavy atom. The standard InChI is InChI=1S/C24H32N2O7/c1-23(2)11-17(12-24(3,4)25-23)33-20(27)15-7-9-16(10-8-15)26-14-32-13-18(21(28)30-5)19(26)22(29)31-6/h7-10,17,25H,11-14H2,1-6H3. The Bertz CT molecular complexity index is 934. The van der Waals surface area contributed by atoms with Crippen molar-refractivity contribution in [1.82, 2.24) is 5.32 Å². The number of hydrogen-bond donors (Lipinski definition) is 1. The van der Waals surface area contributed by atoms with Crippen LogP contribution in [0.4, 0.5) is 5.69 Å². The molecular formula is C24H32N2O7. The largest absolute Gasteiger partial charge is 0.466 e. The normalized spacial score (nSPS) is 20.2. The number of rotatable bonds is 5. The Hall–Kier alpha value is -2.91. The highest BCUT2D eigenvalue weighted by Gasteiger charge is 2.39. The number of piperidine rings is 1. The van der Waals surface area contributed by atoms with E-state index in [1.807, 2.05) is 0 Å². The van der Waals surface area contributed by atoms with E-state index in [1.165, 1.54) is 19.1 Å². The lowest BCUT2D eigenvalue weighted by Crippen LogP contribution is -2.59. The molecule has 9 nitrogen and oxygen atoms in total. The van der Waals surface area contributed by atoms with Crippen molar-refractivity contribution < 1.29 is 33.3 Å². The van der Waals surface area contributed by atoms with Gasteiger partial charge in [-0.1, -0.05) is 0 Å². The summed E-state index contributed by atoms with van der Waals surface area (Å²) in [5.74, 6) is -1.76. The van der Waals surface area contributed by atoms with Gasteiger partial charge in [0, 0.05) is 29.6 Å². The third kappa shape index (κ3) is 5.72. The fourth-order valence-electron chi connectivity index (χ4n) is 4.66. The second-order valence-electron chi connectivity index (χ2n) is 9.59. The van der Waals surface area contributed by atoms with Crippen molar-refractivity contribution in [2.24, 2.45) is 0 Å². The summed E-state index contributed by atoms with van der Waals surface area (Å²) < 4.78 is 20.9. The number of nitrogens with one attached hydrogen (secondary N) is 1. The summed E-state index contributed by atoms with van der Waals surface area (Å²) in [5, 5.41) is 3.57. The van der Waals surface area contributed by atoms with Crippen LogP contribution < -0.4 is 10.2 Å². The highest BCUT2D eigenvalue weighted by atomic mass is 16.5. The summed E-state index contributed by atoms with van der Waals surface area (Å²) >= 11 is 0. The van der Waals surface area contributed by atoms with Gasteiger partial charge in [-0.2, -0.15) is 0 Å². The molecule has 0 atom stereocenters. The van der Waals surface area contributed by atoms with Crippen molar-refractivity contribution >= 4 is 23.6 Å². The molecule has 1 aromatic rings. The van der Waals surface area contributed by atoms with Gasteiger partial charge in [-0.25, -0.2) is 14.4 Å². The van der Waals surface area contributed by atoms with Gasteiger partial charge < -0.3 is 29.2 Å². The number of carbonyl (C=O) groups is 3. The van der Waals surface area contributed by atoms with E-state index in [2.05, 4.69) is 33.0 Å². The maximum Gasteiger partial charge on any atom is 0.355 e. The molecule has 3 rings (SSSR count). The fourth-order valence-corrected chi connectivity index (χ4v) is 4.66. The summed E-state index contributed by atoms with van der Waals surface area (Å²) in [6, 6.07) is 6.57. The molecule has 2 heterocycles. The molecule has 0 saturated carbocycles. The minimum atomic E-state index is -0.682. The van der Waals surface area contributed by atoms with Crippen LogP contribution in [0, 0.1) is 0 Å². The second kappa shape index (κ2) is 9.52. The molecule has 2 aliphatic rings. The number of ether oxygens (including phenoxy) is 4. The van der Waals surface area contributed by atoms with Crippen LogP contribution in [0.5, 0.6) is 0 Å². The molecule has 33 heavy (non-hydrogen) atoms. The molecule has 9 heteroatoms. The Labute approximate surface area is 194 Å². The first kappa shape index (κ1) is 24.7. The molecular weight excluding hydrogens is 428 g/mol. The lowest BCUT2D eigenvalue weighted by atomic mass is 9.81. The van der Waals surface area contributed by atoms with E-state index in [9.17, 15) is 14.4 Å². The van der Waals surface area contributed by atoms with Gasteiger partial charge in [0.15, 0.2) is 0 Å². The van der Waals surface area contributed by atoms with Crippen LogP contribution in [0.15, 0.2) is 35.5 Å². The van der Waals surface area contributed by atoms with Gasteiger partial charge in [0.2, 0.25) is 0 Å². The van der Waals surface area contributed by atoms with E-state index in [4.69, 9.17) is 18.9 Å². The van der Waals surface area contributed by atoms with E-state index in [0.29, 0.717) is 11.3 Å². The predicted molar refractivity (Wildman–Crippen MR) is 121 cm³/mol. The molecule has 1 fully saturated rings. The second-order valence-corrected chi connectivity index (χ2v) is 9.59. The molecule has 0 unspecified atom stereocenters. The zero-order valence-electron chi connectivity index (χ0n) is 20.0. The minimum Gasteiger partial charge on any atom is -0.466 e. The Balaban J connectivity index is 1.79. The number of hydrogen-bond acceptors (Lipinski definition) is 9. The lowest BCUT2D eigenvalue weighted by Gasteiger charge is -2.45. The highest BCUT2D eigenvalue weighted by Crippen LogP contribution is 2.31. The van der Waals surface area contributed by atoms with Crippen molar-refractivity contribution in [3.63, 3.8) is 0 Å². The quantitative estimate of drug-likeness (QED) is 0.524. The van der Waals surface area contributed by atoms with Gasteiger partial charge in [-0.3, -0.25) is 0 Å². The summed E-state index contributed by atoms with van der Waals surface area (Å²) in [6.45, 7) is 8.35. The number of anilines is 1. The van der Waals surface area contributed by atoms with Crippen molar-refractivity contribution in [2.45, 2.75) is 57.7 Å². The molecule has 180 valence electrons. The predicted octanol–water partition coefficient (Wildman–Crippen LogP) is 2.55. The fraction of sp³-hybridized carbons (Fsp3) is 0.542. The summed E-state index contributed by atoms with van der Waals surface area (Å²) in [6.07, 6.45) is 1.24. The topological polar surface area (TPSA) is 103 Å². The van der Waals surface area contributed by atoms with Crippen LogP contribution in [0.3, 0.4) is 0 Å². The van der Waals surface area contributed by atoms with Gasteiger partial charge in [0.25, 0.3) is 0 Å². The van der Waals surface area contributed by atoms with Crippen LogP contribution in [0.1, 0.15) is 50.9 Å². The van der Waals surface area contributed by atoms with E-state index >= 15 is 0 Å². The first-order valence-corrected chi connectivity index (χ1v) is 10.8.